The van der Waals surface area contributed by atoms with E-state index in [0.29, 0.717) is 23.7 Å². The van der Waals surface area contributed by atoms with E-state index >= 15 is 0 Å². The molecule has 0 amide bonds. The number of carbonyl (C=O) groups excluding carboxylic acids is 1. The molecule has 9 atom stereocenters. The summed E-state index contributed by atoms with van der Waals surface area (Å²) in [4.78, 5) is 17.4. The molecule has 5 rings (SSSR count). The number of hydrogen-bond acceptors (Lipinski definition) is 5. The normalized spacial score (nSPS) is 45.3. The third-order valence-corrected chi connectivity index (χ3v) is 11.1. The van der Waals surface area contributed by atoms with Gasteiger partial charge in [-0.3, -0.25) is 4.79 Å². The Balaban J connectivity index is 1.35. The second-order valence-corrected chi connectivity index (χ2v) is 13.2. The minimum Gasteiger partial charge on any atom is -0.462 e. The van der Waals surface area contributed by atoms with Gasteiger partial charge in [0.25, 0.3) is 0 Å². The van der Waals surface area contributed by atoms with Gasteiger partial charge in [-0.05, 0) is 92.3 Å². The first-order valence-electron chi connectivity index (χ1n) is 13.8. The van der Waals surface area contributed by atoms with E-state index in [1.54, 1.807) is 0 Å². The largest absolute Gasteiger partial charge is 0.462 e. The maximum atomic E-state index is 11.9. The van der Waals surface area contributed by atoms with Crippen LogP contribution in [0.5, 0.6) is 0 Å². The fourth-order valence-electron chi connectivity index (χ4n) is 9.20. The van der Waals surface area contributed by atoms with E-state index in [-0.39, 0.29) is 34.9 Å². The Morgan fingerprint density at radius 1 is 1.18 bits per heavy atom. The van der Waals surface area contributed by atoms with Gasteiger partial charge < -0.3 is 14.7 Å². The number of rotatable bonds is 4. The molecule has 1 aliphatic heterocycles. The highest BCUT2D eigenvalue weighted by molar-refractivity contribution is 5.87. The van der Waals surface area contributed by atoms with Crippen molar-refractivity contribution in [2.24, 2.45) is 45.6 Å². The second-order valence-electron chi connectivity index (χ2n) is 13.2. The van der Waals surface area contributed by atoms with E-state index in [0.717, 1.165) is 44.2 Å². The van der Waals surface area contributed by atoms with Crippen LogP contribution in [0.15, 0.2) is 16.8 Å². The average Bonchev–Trinajstić information content (AvgIpc) is 3.39. The summed E-state index contributed by atoms with van der Waals surface area (Å²) in [6.45, 7) is 12.8. The van der Waals surface area contributed by atoms with E-state index in [4.69, 9.17) is 9.57 Å². The van der Waals surface area contributed by atoms with Gasteiger partial charge in [-0.25, -0.2) is 0 Å². The lowest BCUT2D eigenvalue weighted by Gasteiger charge is -2.59. The topological polar surface area (TPSA) is 68.1 Å². The Bertz CT molecular complexity index is 891. The number of oxime groups is 1. The summed E-state index contributed by atoms with van der Waals surface area (Å²) >= 11 is 0. The predicted molar refractivity (Wildman–Crippen MR) is 133 cm³/mol. The lowest BCUT2D eigenvalue weighted by Crippen LogP contribution is -2.55. The Hall–Kier alpha value is -1.36. The first-order valence-corrected chi connectivity index (χ1v) is 13.8. The molecule has 0 bridgehead atoms. The smallest absolute Gasteiger partial charge is 0.302 e. The van der Waals surface area contributed by atoms with Gasteiger partial charge in [0.1, 0.15) is 11.7 Å². The average molecular weight is 472 g/mol. The highest BCUT2D eigenvalue weighted by Crippen LogP contribution is 2.68. The van der Waals surface area contributed by atoms with Crippen molar-refractivity contribution in [2.45, 2.75) is 117 Å². The van der Waals surface area contributed by atoms with Crippen LogP contribution in [0.2, 0.25) is 0 Å². The van der Waals surface area contributed by atoms with Gasteiger partial charge in [0, 0.05) is 19.8 Å². The molecular weight excluding hydrogens is 426 g/mol. The first-order chi connectivity index (χ1) is 16.0. The SMILES string of the molecule is CC(=O)OC1CCC2(C)C(=CCC3C2CCC2(C)C3CCC2C(C)(O)C2CC(C(C)C)=NO2)C1. The zero-order valence-corrected chi connectivity index (χ0v) is 22.1. The van der Waals surface area contributed by atoms with Crippen LogP contribution in [0.4, 0.5) is 0 Å². The van der Waals surface area contributed by atoms with Gasteiger partial charge in [-0.2, -0.15) is 0 Å². The van der Waals surface area contributed by atoms with Gasteiger partial charge in [-0.1, -0.05) is 44.5 Å². The molecule has 0 aromatic rings. The van der Waals surface area contributed by atoms with Gasteiger partial charge in [0.2, 0.25) is 0 Å². The molecular formula is C29H45NO4. The van der Waals surface area contributed by atoms with Crippen LogP contribution in [0, 0.1) is 40.4 Å². The zero-order chi connectivity index (χ0) is 24.5. The molecule has 0 aromatic carbocycles. The Kier molecular flexibility index (Phi) is 5.98. The van der Waals surface area contributed by atoms with Crippen molar-refractivity contribution < 1.29 is 19.5 Å². The highest BCUT2D eigenvalue weighted by Gasteiger charge is 2.63. The van der Waals surface area contributed by atoms with Crippen molar-refractivity contribution in [1.82, 2.24) is 0 Å². The minimum atomic E-state index is -0.863. The molecule has 3 saturated carbocycles. The number of carbonyl (C=O) groups is 1. The lowest BCUT2D eigenvalue weighted by atomic mass is 9.46. The molecule has 0 saturated heterocycles. The molecule has 9 unspecified atom stereocenters. The molecule has 4 aliphatic carbocycles. The van der Waals surface area contributed by atoms with Crippen LogP contribution in [-0.4, -0.2) is 34.6 Å². The summed E-state index contributed by atoms with van der Waals surface area (Å²) in [5.74, 6) is 2.49. The zero-order valence-electron chi connectivity index (χ0n) is 22.1. The molecule has 0 aromatic heterocycles. The molecule has 1 N–H and O–H groups in total. The van der Waals surface area contributed by atoms with Crippen molar-refractivity contribution >= 4 is 11.7 Å². The van der Waals surface area contributed by atoms with Gasteiger partial charge in [-0.15, -0.1) is 0 Å². The van der Waals surface area contributed by atoms with Crippen molar-refractivity contribution in [1.29, 1.82) is 0 Å². The predicted octanol–water partition coefficient (Wildman–Crippen LogP) is 6.05. The van der Waals surface area contributed by atoms with Crippen LogP contribution in [-0.2, 0) is 14.4 Å². The lowest BCUT2D eigenvalue weighted by molar-refractivity contribution is -0.159. The van der Waals surface area contributed by atoms with E-state index in [1.165, 1.54) is 31.8 Å². The summed E-state index contributed by atoms with van der Waals surface area (Å²) in [6, 6.07) is 0. The third-order valence-electron chi connectivity index (χ3n) is 11.1. The monoisotopic (exact) mass is 471 g/mol. The summed E-state index contributed by atoms with van der Waals surface area (Å²) in [7, 11) is 0. The Morgan fingerprint density at radius 2 is 1.94 bits per heavy atom. The summed E-state index contributed by atoms with van der Waals surface area (Å²) in [5, 5.41) is 16.2. The molecule has 34 heavy (non-hydrogen) atoms. The van der Waals surface area contributed by atoms with Crippen LogP contribution in [0.3, 0.4) is 0 Å². The van der Waals surface area contributed by atoms with Crippen molar-refractivity contribution in [2.75, 3.05) is 0 Å². The van der Waals surface area contributed by atoms with E-state index in [9.17, 15) is 9.90 Å². The highest BCUT2D eigenvalue weighted by atomic mass is 16.7. The fourth-order valence-corrected chi connectivity index (χ4v) is 9.20. The van der Waals surface area contributed by atoms with Crippen LogP contribution in [0.1, 0.15) is 99.3 Å². The first kappa shape index (κ1) is 24.3. The second kappa shape index (κ2) is 8.35. The van der Waals surface area contributed by atoms with Gasteiger partial charge in [0.15, 0.2) is 6.10 Å². The Labute approximate surface area is 205 Å². The van der Waals surface area contributed by atoms with Crippen LogP contribution < -0.4 is 0 Å². The van der Waals surface area contributed by atoms with Gasteiger partial charge >= 0.3 is 5.97 Å². The standard InChI is InChI=1S/C29H45NO4/c1-17(2)24-16-26(34-30-24)29(6,32)25-10-9-22-21-8-7-19-15-20(33-18(3)31)11-13-27(19,4)23(21)12-14-28(22,25)5/h7,17,20-23,25-26,32H,8-16H2,1-6H3. The van der Waals surface area contributed by atoms with Crippen molar-refractivity contribution in [3.8, 4) is 0 Å². The maximum absolute atomic E-state index is 11.9. The fraction of sp³-hybridized carbons (Fsp3) is 0.862. The number of allylic oxidation sites excluding steroid dienone is 1. The summed E-state index contributed by atoms with van der Waals surface area (Å²) in [6.07, 6.45) is 11.9. The number of aliphatic hydroxyl groups is 1. The molecule has 5 heteroatoms. The number of nitrogens with zero attached hydrogens (tertiary/aromatic N) is 1. The third kappa shape index (κ3) is 3.67. The van der Waals surface area contributed by atoms with Crippen LogP contribution >= 0.6 is 0 Å². The molecule has 190 valence electrons. The molecule has 5 aliphatic rings. The number of hydrogen-bond donors (Lipinski definition) is 1. The van der Waals surface area contributed by atoms with Gasteiger partial charge in [0.05, 0.1) is 5.71 Å². The summed E-state index contributed by atoms with van der Waals surface area (Å²) < 4.78 is 5.60. The number of esters is 1. The van der Waals surface area contributed by atoms with E-state index in [2.05, 4.69) is 38.9 Å². The molecule has 0 spiro atoms. The van der Waals surface area contributed by atoms with Crippen molar-refractivity contribution in [3.05, 3.63) is 11.6 Å². The Morgan fingerprint density at radius 3 is 2.62 bits per heavy atom. The molecule has 3 fully saturated rings. The minimum absolute atomic E-state index is 0.0533. The van der Waals surface area contributed by atoms with Crippen molar-refractivity contribution in [3.63, 3.8) is 0 Å². The van der Waals surface area contributed by atoms with E-state index in [1.807, 2.05) is 6.92 Å². The quantitative estimate of drug-likeness (QED) is 0.400. The van der Waals surface area contributed by atoms with E-state index < -0.39 is 5.60 Å². The number of ether oxygens (including phenoxy) is 1. The maximum Gasteiger partial charge on any atom is 0.302 e. The summed E-state index contributed by atoms with van der Waals surface area (Å²) in [5.41, 5.74) is 2.13. The van der Waals surface area contributed by atoms with Crippen LogP contribution in [0.25, 0.3) is 0 Å². The number of fused-ring (bicyclic) bond motifs is 5. The molecule has 5 nitrogen and oxygen atoms in total. The molecule has 1 heterocycles. The molecule has 0 radical (unpaired) electrons.